The van der Waals surface area contributed by atoms with Crippen molar-refractivity contribution >= 4 is 17.5 Å². The average molecular weight is 409 g/mol. The van der Waals surface area contributed by atoms with E-state index in [-0.39, 0.29) is 12.5 Å². The molecular formula is C24H25ClN2O2. The number of nitrogens with zero attached hydrogens (tertiary/aromatic N) is 2. The van der Waals surface area contributed by atoms with E-state index in [2.05, 4.69) is 30.2 Å². The molecule has 2 aromatic carbocycles. The molecule has 150 valence electrons. The van der Waals surface area contributed by atoms with Gasteiger partial charge in [0.05, 0.1) is 6.54 Å². The second-order valence-corrected chi connectivity index (χ2v) is 7.30. The van der Waals surface area contributed by atoms with Gasteiger partial charge < -0.3 is 14.2 Å². The van der Waals surface area contributed by atoms with Gasteiger partial charge in [0.2, 0.25) is 0 Å². The number of hydrogen-bond acceptors (Lipinski definition) is 2. The molecule has 1 aromatic heterocycles. The topological polar surface area (TPSA) is 34.5 Å². The summed E-state index contributed by atoms with van der Waals surface area (Å²) in [5, 5.41) is 0.631. The third kappa shape index (κ3) is 5.75. The Hall–Kier alpha value is -2.98. The molecule has 4 nitrogen and oxygen atoms in total. The number of carbonyl (C=O) groups excluding carboxylic acids is 1. The van der Waals surface area contributed by atoms with Gasteiger partial charge in [0.25, 0.3) is 5.91 Å². The van der Waals surface area contributed by atoms with E-state index < -0.39 is 0 Å². The SMILES string of the molecule is C=CCN(Cc1cccn1Cc1ccccc1C)C(=O)COc1ccc(Cl)cc1. The fourth-order valence-electron chi connectivity index (χ4n) is 3.09. The van der Waals surface area contributed by atoms with Crippen molar-refractivity contribution in [1.29, 1.82) is 0 Å². The first-order chi connectivity index (χ1) is 14.1. The van der Waals surface area contributed by atoms with Crippen molar-refractivity contribution in [1.82, 2.24) is 9.47 Å². The monoisotopic (exact) mass is 408 g/mol. The van der Waals surface area contributed by atoms with E-state index in [0.717, 1.165) is 12.2 Å². The lowest BCUT2D eigenvalue weighted by molar-refractivity contribution is -0.133. The number of carbonyl (C=O) groups is 1. The lowest BCUT2D eigenvalue weighted by Crippen LogP contribution is -2.35. The highest BCUT2D eigenvalue weighted by atomic mass is 35.5. The molecule has 0 fully saturated rings. The molecule has 0 unspecified atom stereocenters. The molecule has 0 N–H and O–H groups in total. The Balaban J connectivity index is 1.66. The van der Waals surface area contributed by atoms with Crippen LogP contribution in [-0.4, -0.2) is 28.5 Å². The molecule has 3 rings (SSSR count). The summed E-state index contributed by atoms with van der Waals surface area (Å²) in [5.74, 6) is 0.521. The number of aryl methyl sites for hydroxylation is 1. The molecule has 0 saturated carbocycles. The van der Waals surface area contributed by atoms with Crippen LogP contribution in [0.15, 0.2) is 79.5 Å². The Morgan fingerprint density at radius 3 is 2.62 bits per heavy atom. The summed E-state index contributed by atoms with van der Waals surface area (Å²) in [6.07, 6.45) is 3.78. The molecule has 0 bridgehead atoms. The molecule has 5 heteroatoms. The number of hydrogen-bond donors (Lipinski definition) is 0. The van der Waals surface area contributed by atoms with Crippen molar-refractivity contribution in [2.24, 2.45) is 0 Å². The standard InChI is InChI=1S/C24H25ClN2O2/c1-3-14-27(24(28)18-29-23-12-10-21(25)11-13-23)17-22-9-6-15-26(22)16-20-8-5-4-7-19(20)2/h3-13,15H,1,14,16-18H2,2H3. The van der Waals surface area contributed by atoms with E-state index in [1.807, 2.05) is 30.5 Å². The fourth-order valence-corrected chi connectivity index (χ4v) is 3.22. The lowest BCUT2D eigenvalue weighted by atomic mass is 10.1. The van der Waals surface area contributed by atoms with Crippen LogP contribution in [-0.2, 0) is 17.9 Å². The Labute approximate surface area is 177 Å². The summed E-state index contributed by atoms with van der Waals surface area (Å²) in [6.45, 7) is 7.58. The molecule has 0 spiro atoms. The van der Waals surface area contributed by atoms with Crippen LogP contribution in [0.2, 0.25) is 5.02 Å². The third-order valence-corrected chi connectivity index (χ3v) is 5.01. The molecule has 0 aliphatic carbocycles. The highest BCUT2D eigenvalue weighted by Crippen LogP contribution is 2.16. The van der Waals surface area contributed by atoms with E-state index >= 15 is 0 Å². The fraction of sp³-hybridized carbons (Fsp3) is 0.208. The van der Waals surface area contributed by atoms with E-state index in [0.29, 0.717) is 23.9 Å². The van der Waals surface area contributed by atoms with Gasteiger partial charge in [-0.1, -0.05) is 41.9 Å². The summed E-state index contributed by atoms with van der Waals surface area (Å²) >= 11 is 5.88. The summed E-state index contributed by atoms with van der Waals surface area (Å²) in [5.41, 5.74) is 3.58. The van der Waals surface area contributed by atoms with Crippen molar-refractivity contribution in [3.05, 3.63) is 101 Å². The van der Waals surface area contributed by atoms with Gasteiger partial charge >= 0.3 is 0 Å². The number of halogens is 1. The Morgan fingerprint density at radius 2 is 1.90 bits per heavy atom. The maximum atomic E-state index is 12.7. The van der Waals surface area contributed by atoms with Crippen LogP contribution in [0, 0.1) is 6.92 Å². The minimum absolute atomic E-state index is 0.0338. The van der Waals surface area contributed by atoms with Gasteiger partial charge in [-0.05, 0) is 54.4 Å². The van der Waals surface area contributed by atoms with Gasteiger partial charge in [-0.3, -0.25) is 4.79 Å². The van der Waals surface area contributed by atoms with E-state index in [4.69, 9.17) is 16.3 Å². The van der Waals surface area contributed by atoms with Crippen LogP contribution >= 0.6 is 11.6 Å². The second kappa shape index (κ2) is 9.99. The van der Waals surface area contributed by atoms with Crippen molar-refractivity contribution in [2.45, 2.75) is 20.0 Å². The van der Waals surface area contributed by atoms with Crippen molar-refractivity contribution in [2.75, 3.05) is 13.2 Å². The van der Waals surface area contributed by atoms with Crippen LogP contribution in [0.3, 0.4) is 0 Å². The first-order valence-electron chi connectivity index (χ1n) is 9.52. The molecule has 1 heterocycles. The van der Waals surface area contributed by atoms with Crippen molar-refractivity contribution < 1.29 is 9.53 Å². The quantitative estimate of drug-likeness (QED) is 0.462. The zero-order valence-electron chi connectivity index (χ0n) is 16.6. The molecule has 0 radical (unpaired) electrons. The minimum atomic E-state index is -0.0940. The van der Waals surface area contributed by atoms with Gasteiger partial charge in [-0.25, -0.2) is 0 Å². The predicted octanol–water partition coefficient (Wildman–Crippen LogP) is 5.09. The summed E-state index contributed by atoms with van der Waals surface area (Å²) < 4.78 is 7.79. The van der Waals surface area contributed by atoms with Crippen LogP contribution in [0.4, 0.5) is 0 Å². The molecule has 0 saturated heterocycles. The average Bonchev–Trinajstić information content (AvgIpc) is 3.15. The first kappa shape index (κ1) is 20.7. The van der Waals surface area contributed by atoms with Gasteiger partial charge in [0.15, 0.2) is 6.61 Å². The van der Waals surface area contributed by atoms with Crippen molar-refractivity contribution in [3.63, 3.8) is 0 Å². The predicted molar refractivity (Wildman–Crippen MR) is 117 cm³/mol. The van der Waals surface area contributed by atoms with E-state index in [1.165, 1.54) is 11.1 Å². The smallest absolute Gasteiger partial charge is 0.261 e. The Morgan fingerprint density at radius 1 is 1.14 bits per heavy atom. The molecule has 0 aliphatic heterocycles. The van der Waals surface area contributed by atoms with Crippen molar-refractivity contribution in [3.8, 4) is 5.75 Å². The van der Waals surface area contributed by atoms with Gasteiger partial charge in [-0.2, -0.15) is 0 Å². The van der Waals surface area contributed by atoms with Crippen LogP contribution in [0.25, 0.3) is 0 Å². The molecule has 3 aromatic rings. The lowest BCUT2D eigenvalue weighted by Gasteiger charge is -2.22. The number of amides is 1. The maximum Gasteiger partial charge on any atom is 0.261 e. The number of benzene rings is 2. The highest BCUT2D eigenvalue weighted by Gasteiger charge is 2.16. The van der Waals surface area contributed by atoms with E-state index in [9.17, 15) is 4.79 Å². The molecule has 1 amide bonds. The number of ether oxygens (including phenoxy) is 1. The van der Waals surface area contributed by atoms with E-state index in [1.54, 1.807) is 35.2 Å². The normalized spacial score (nSPS) is 10.6. The summed E-state index contributed by atoms with van der Waals surface area (Å²) in [6, 6.07) is 19.4. The molecule has 29 heavy (non-hydrogen) atoms. The number of rotatable bonds is 9. The van der Waals surface area contributed by atoms with Crippen LogP contribution < -0.4 is 4.74 Å². The summed E-state index contributed by atoms with van der Waals surface area (Å²) in [7, 11) is 0. The summed E-state index contributed by atoms with van der Waals surface area (Å²) in [4.78, 5) is 14.5. The molecular weight excluding hydrogens is 384 g/mol. The maximum absolute atomic E-state index is 12.7. The second-order valence-electron chi connectivity index (χ2n) is 6.86. The van der Waals surface area contributed by atoms with Gasteiger partial charge in [-0.15, -0.1) is 6.58 Å². The Bertz CT molecular complexity index is 963. The largest absolute Gasteiger partial charge is 0.484 e. The van der Waals surface area contributed by atoms with Gasteiger partial charge in [0.1, 0.15) is 5.75 Å². The van der Waals surface area contributed by atoms with Crippen LogP contribution in [0.5, 0.6) is 5.75 Å². The Kier molecular flexibility index (Phi) is 7.14. The zero-order chi connectivity index (χ0) is 20.6. The first-order valence-corrected chi connectivity index (χ1v) is 9.90. The third-order valence-electron chi connectivity index (χ3n) is 4.76. The highest BCUT2D eigenvalue weighted by molar-refractivity contribution is 6.30. The van der Waals surface area contributed by atoms with Crippen LogP contribution in [0.1, 0.15) is 16.8 Å². The number of aromatic nitrogens is 1. The van der Waals surface area contributed by atoms with Gasteiger partial charge in [0, 0.05) is 30.0 Å². The zero-order valence-corrected chi connectivity index (χ0v) is 17.3. The molecule has 0 atom stereocenters. The molecule has 0 aliphatic rings. The minimum Gasteiger partial charge on any atom is -0.484 e.